The van der Waals surface area contributed by atoms with Crippen molar-refractivity contribution in [3.8, 4) is 5.75 Å². The quantitative estimate of drug-likeness (QED) is 0.833. The van der Waals surface area contributed by atoms with Gasteiger partial charge < -0.3 is 20.5 Å². The van der Waals surface area contributed by atoms with Crippen LogP contribution in [0.4, 0.5) is 5.69 Å². The predicted molar refractivity (Wildman–Crippen MR) is 77.8 cm³/mol. The molecular weight excluding hydrogens is 256 g/mol. The Bertz CT molecular complexity index is 456. The fraction of sp³-hybridized carbons (Fsp3) is 0.533. The Balaban J connectivity index is 1.74. The van der Waals surface area contributed by atoms with Gasteiger partial charge in [0.2, 0.25) is 5.91 Å². The zero-order valence-corrected chi connectivity index (χ0v) is 11.9. The molecule has 0 radical (unpaired) electrons. The second-order valence-corrected chi connectivity index (χ2v) is 5.34. The number of methoxy groups -OCH3 is 1. The van der Waals surface area contributed by atoms with Gasteiger partial charge in [0.25, 0.3) is 0 Å². The van der Waals surface area contributed by atoms with Gasteiger partial charge in [-0.05, 0) is 25.0 Å². The summed E-state index contributed by atoms with van der Waals surface area (Å²) in [5.41, 5.74) is 6.62. The molecule has 1 aliphatic carbocycles. The zero-order valence-electron chi connectivity index (χ0n) is 11.9. The van der Waals surface area contributed by atoms with Gasteiger partial charge >= 0.3 is 0 Å². The van der Waals surface area contributed by atoms with E-state index in [2.05, 4.69) is 5.32 Å². The normalized spacial score (nSPS) is 16.9. The molecule has 1 aromatic rings. The lowest BCUT2D eigenvalue weighted by atomic mass is 10.0. The molecule has 3 N–H and O–H groups in total. The first-order chi connectivity index (χ1) is 9.61. The number of benzene rings is 1. The summed E-state index contributed by atoms with van der Waals surface area (Å²) in [4.78, 5) is 11.8. The van der Waals surface area contributed by atoms with Crippen LogP contribution in [0, 0.1) is 0 Å². The van der Waals surface area contributed by atoms with Crippen LogP contribution in [-0.4, -0.2) is 31.8 Å². The number of hydrogen-bond donors (Lipinski definition) is 2. The highest BCUT2D eigenvalue weighted by Gasteiger charge is 2.29. The van der Waals surface area contributed by atoms with E-state index < -0.39 is 0 Å². The van der Waals surface area contributed by atoms with Gasteiger partial charge in [0, 0.05) is 17.3 Å². The van der Waals surface area contributed by atoms with E-state index in [1.54, 1.807) is 13.2 Å². The fourth-order valence-electron chi connectivity index (χ4n) is 2.47. The van der Waals surface area contributed by atoms with E-state index in [0.717, 1.165) is 25.7 Å². The van der Waals surface area contributed by atoms with E-state index in [-0.39, 0.29) is 18.1 Å². The van der Waals surface area contributed by atoms with Gasteiger partial charge in [0.1, 0.15) is 12.4 Å². The Morgan fingerprint density at radius 2 is 2.15 bits per heavy atom. The number of nitrogens with one attached hydrogen (secondary N) is 1. The van der Waals surface area contributed by atoms with Crippen molar-refractivity contribution in [3.63, 3.8) is 0 Å². The van der Waals surface area contributed by atoms with Crippen molar-refractivity contribution in [2.45, 2.75) is 31.2 Å². The van der Waals surface area contributed by atoms with Crippen LogP contribution in [0.15, 0.2) is 24.3 Å². The Hall–Kier alpha value is -1.59. The topological polar surface area (TPSA) is 73.6 Å². The molecule has 2 rings (SSSR count). The standard InChI is InChI=1S/C15H22N2O3/c1-19-13-6-4-5-12(9-13)17-14(18)10-20-11-15(16)7-2-3-8-15/h4-6,9H,2-3,7-8,10-11,16H2,1H3,(H,17,18). The van der Waals surface area contributed by atoms with E-state index in [0.29, 0.717) is 18.0 Å². The summed E-state index contributed by atoms with van der Waals surface area (Å²) in [6.45, 7) is 0.467. The van der Waals surface area contributed by atoms with Gasteiger partial charge in [-0.1, -0.05) is 18.9 Å². The number of amides is 1. The molecule has 0 atom stereocenters. The minimum Gasteiger partial charge on any atom is -0.497 e. The summed E-state index contributed by atoms with van der Waals surface area (Å²) in [7, 11) is 1.59. The van der Waals surface area contributed by atoms with E-state index >= 15 is 0 Å². The average molecular weight is 278 g/mol. The maximum atomic E-state index is 11.8. The Morgan fingerprint density at radius 3 is 2.85 bits per heavy atom. The molecule has 5 heteroatoms. The third-order valence-corrected chi connectivity index (χ3v) is 3.58. The Morgan fingerprint density at radius 1 is 1.40 bits per heavy atom. The minimum absolute atomic E-state index is 0.0240. The van der Waals surface area contributed by atoms with E-state index in [9.17, 15) is 4.79 Å². The third kappa shape index (κ3) is 4.21. The Kier molecular flexibility index (Phi) is 4.98. The monoisotopic (exact) mass is 278 g/mol. The fourth-order valence-corrected chi connectivity index (χ4v) is 2.47. The summed E-state index contributed by atoms with van der Waals surface area (Å²) in [5, 5.41) is 2.77. The summed E-state index contributed by atoms with van der Waals surface area (Å²) >= 11 is 0. The molecule has 0 heterocycles. The first-order valence-electron chi connectivity index (χ1n) is 6.92. The smallest absolute Gasteiger partial charge is 0.250 e. The number of hydrogen-bond acceptors (Lipinski definition) is 4. The SMILES string of the molecule is COc1cccc(NC(=O)COCC2(N)CCCC2)c1. The molecule has 0 spiro atoms. The van der Waals surface area contributed by atoms with Gasteiger partial charge in [0.05, 0.1) is 13.7 Å². The molecule has 1 aliphatic rings. The molecule has 0 aliphatic heterocycles. The molecule has 0 bridgehead atoms. The predicted octanol–water partition coefficient (Wildman–Crippen LogP) is 1.92. The van der Waals surface area contributed by atoms with Crippen LogP contribution in [-0.2, 0) is 9.53 Å². The summed E-state index contributed by atoms with van der Waals surface area (Å²) in [5.74, 6) is 0.524. The van der Waals surface area contributed by atoms with E-state index in [1.165, 1.54) is 0 Å². The zero-order chi connectivity index (χ0) is 14.4. The molecule has 1 aromatic carbocycles. The van der Waals surface area contributed by atoms with Crippen molar-refractivity contribution < 1.29 is 14.3 Å². The van der Waals surface area contributed by atoms with Crippen molar-refractivity contribution in [2.24, 2.45) is 5.73 Å². The molecular formula is C15H22N2O3. The maximum Gasteiger partial charge on any atom is 0.250 e. The van der Waals surface area contributed by atoms with Crippen molar-refractivity contribution in [1.29, 1.82) is 0 Å². The average Bonchev–Trinajstić information content (AvgIpc) is 2.86. The third-order valence-electron chi connectivity index (χ3n) is 3.58. The maximum absolute atomic E-state index is 11.8. The van der Waals surface area contributed by atoms with Crippen LogP contribution < -0.4 is 15.8 Å². The number of ether oxygens (including phenoxy) is 2. The number of rotatable bonds is 6. The molecule has 1 saturated carbocycles. The molecule has 20 heavy (non-hydrogen) atoms. The van der Waals surface area contributed by atoms with Crippen molar-refractivity contribution >= 4 is 11.6 Å². The molecule has 0 unspecified atom stereocenters. The lowest BCUT2D eigenvalue weighted by Gasteiger charge is -2.22. The van der Waals surface area contributed by atoms with Gasteiger partial charge in [-0.25, -0.2) is 0 Å². The second-order valence-electron chi connectivity index (χ2n) is 5.34. The van der Waals surface area contributed by atoms with Gasteiger partial charge in [-0.15, -0.1) is 0 Å². The van der Waals surface area contributed by atoms with Crippen molar-refractivity contribution in [2.75, 3.05) is 25.6 Å². The highest BCUT2D eigenvalue weighted by molar-refractivity contribution is 5.91. The van der Waals surface area contributed by atoms with Crippen LogP contribution in [0.25, 0.3) is 0 Å². The molecule has 5 nitrogen and oxygen atoms in total. The lowest BCUT2D eigenvalue weighted by molar-refractivity contribution is -0.121. The van der Waals surface area contributed by atoms with Crippen LogP contribution in [0.1, 0.15) is 25.7 Å². The first-order valence-corrected chi connectivity index (χ1v) is 6.92. The molecule has 1 amide bonds. The van der Waals surface area contributed by atoms with Gasteiger partial charge in [-0.2, -0.15) is 0 Å². The van der Waals surface area contributed by atoms with Crippen LogP contribution >= 0.6 is 0 Å². The van der Waals surface area contributed by atoms with E-state index in [4.69, 9.17) is 15.2 Å². The largest absolute Gasteiger partial charge is 0.497 e. The lowest BCUT2D eigenvalue weighted by Crippen LogP contribution is -2.42. The number of nitrogens with two attached hydrogens (primary N) is 1. The van der Waals surface area contributed by atoms with Gasteiger partial charge in [0.15, 0.2) is 0 Å². The first kappa shape index (κ1) is 14.8. The number of carbonyl (C=O) groups is 1. The van der Waals surface area contributed by atoms with Gasteiger partial charge in [-0.3, -0.25) is 4.79 Å². The Labute approximate surface area is 119 Å². The number of carbonyl (C=O) groups excluding carboxylic acids is 1. The summed E-state index contributed by atoms with van der Waals surface area (Å²) in [6.07, 6.45) is 4.25. The molecule has 1 fully saturated rings. The van der Waals surface area contributed by atoms with Crippen molar-refractivity contribution in [1.82, 2.24) is 0 Å². The second kappa shape index (κ2) is 6.72. The molecule has 110 valence electrons. The number of anilines is 1. The van der Waals surface area contributed by atoms with Crippen LogP contribution in [0.5, 0.6) is 5.75 Å². The van der Waals surface area contributed by atoms with Crippen LogP contribution in [0.3, 0.4) is 0 Å². The molecule has 0 saturated heterocycles. The minimum atomic E-state index is -0.240. The summed E-state index contributed by atoms with van der Waals surface area (Å²) < 4.78 is 10.5. The summed E-state index contributed by atoms with van der Waals surface area (Å²) in [6, 6.07) is 7.22. The van der Waals surface area contributed by atoms with Crippen LogP contribution in [0.2, 0.25) is 0 Å². The highest BCUT2D eigenvalue weighted by Crippen LogP contribution is 2.27. The van der Waals surface area contributed by atoms with E-state index in [1.807, 2.05) is 18.2 Å². The van der Waals surface area contributed by atoms with Crippen molar-refractivity contribution in [3.05, 3.63) is 24.3 Å². The highest BCUT2D eigenvalue weighted by atomic mass is 16.5. The molecule has 0 aromatic heterocycles.